The molecule has 31 heavy (non-hydrogen) atoms. The lowest BCUT2D eigenvalue weighted by atomic mass is 10.2. The number of morpholine rings is 1. The molecule has 0 unspecified atom stereocenters. The molecule has 0 bridgehead atoms. The van der Waals surface area contributed by atoms with Crippen LogP contribution in [-0.4, -0.2) is 63.1 Å². The average molecular weight is 491 g/mol. The summed E-state index contributed by atoms with van der Waals surface area (Å²) in [5, 5.41) is 6.60. The number of nitrogens with one attached hydrogen (secondary N) is 2. The number of hydrogen-bond acceptors (Lipinski definition) is 6. The number of amides is 3. The lowest BCUT2D eigenvalue weighted by Crippen LogP contribution is -2.43. The smallest absolute Gasteiger partial charge is 0.339 e. The number of hydrazone groups is 1. The first kappa shape index (κ1) is 22.6. The van der Waals surface area contributed by atoms with Crippen molar-refractivity contribution < 1.29 is 23.8 Å². The number of rotatable bonds is 7. The van der Waals surface area contributed by atoms with Gasteiger partial charge in [-0.25, -0.2) is 10.2 Å². The van der Waals surface area contributed by atoms with Crippen LogP contribution in [0.25, 0.3) is 0 Å². The minimum absolute atomic E-state index is 0.0449. The highest BCUT2D eigenvalue weighted by atomic mass is 79.9. The van der Waals surface area contributed by atoms with E-state index in [4.69, 9.17) is 14.2 Å². The Morgan fingerprint density at radius 3 is 2.71 bits per heavy atom. The first-order chi connectivity index (χ1) is 15.1. The molecule has 1 aliphatic heterocycles. The molecular formula is C21H23BrN4O5. The van der Waals surface area contributed by atoms with Crippen LogP contribution in [0.15, 0.2) is 52.0 Å². The predicted molar refractivity (Wildman–Crippen MR) is 120 cm³/mol. The van der Waals surface area contributed by atoms with Crippen LogP contribution in [0, 0.1) is 0 Å². The Morgan fingerprint density at radius 1 is 1.19 bits per heavy atom. The van der Waals surface area contributed by atoms with Crippen molar-refractivity contribution in [3.63, 3.8) is 0 Å². The number of anilines is 1. The van der Waals surface area contributed by atoms with Gasteiger partial charge in [-0.2, -0.15) is 5.10 Å². The van der Waals surface area contributed by atoms with Gasteiger partial charge in [0.15, 0.2) is 6.61 Å². The summed E-state index contributed by atoms with van der Waals surface area (Å²) in [6.45, 7) is 2.21. The van der Waals surface area contributed by atoms with Gasteiger partial charge in [-0.05, 0) is 51.8 Å². The Morgan fingerprint density at radius 2 is 1.97 bits per heavy atom. The van der Waals surface area contributed by atoms with Crippen LogP contribution >= 0.6 is 15.9 Å². The van der Waals surface area contributed by atoms with E-state index < -0.39 is 6.03 Å². The Kier molecular flexibility index (Phi) is 8.25. The van der Waals surface area contributed by atoms with Gasteiger partial charge in [0.1, 0.15) is 11.5 Å². The molecule has 1 aliphatic rings. The van der Waals surface area contributed by atoms with E-state index in [1.165, 1.54) is 13.3 Å². The molecule has 0 spiro atoms. The number of methoxy groups -OCH3 is 1. The summed E-state index contributed by atoms with van der Waals surface area (Å²) in [4.78, 5) is 25.9. The Hall–Kier alpha value is -3.11. The maximum atomic E-state index is 12.2. The summed E-state index contributed by atoms with van der Waals surface area (Å²) < 4.78 is 16.7. The monoisotopic (exact) mass is 490 g/mol. The standard InChI is InChI=1S/C21H23BrN4O5/c1-29-19-5-3-2-4-17(19)24-21(28)25-23-13-15-6-7-18(16(22)12-15)31-14-20(27)26-8-10-30-11-9-26/h2-7,12-13H,8-11,14H2,1H3,(H2,24,25,28)/b23-13+. The van der Waals surface area contributed by atoms with Crippen LogP contribution < -0.4 is 20.2 Å². The Labute approximate surface area is 188 Å². The van der Waals surface area contributed by atoms with Gasteiger partial charge < -0.3 is 24.4 Å². The number of ether oxygens (including phenoxy) is 3. The van der Waals surface area contributed by atoms with Crippen LogP contribution in [0.4, 0.5) is 10.5 Å². The zero-order valence-electron chi connectivity index (χ0n) is 17.0. The van der Waals surface area contributed by atoms with Gasteiger partial charge in [0.25, 0.3) is 5.91 Å². The lowest BCUT2D eigenvalue weighted by Gasteiger charge is -2.26. The van der Waals surface area contributed by atoms with Gasteiger partial charge in [-0.1, -0.05) is 12.1 Å². The van der Waals surface area contributed by atoms with Crippen molar-refractivity contribution in [1.29, 1.82) is 0 Å². The van der Waals surface area contributed by atoms with Gasteiger partial charge in [0, 0.05) is 13.1 Å². The van der Waals surface area contributed by atoms with Crippen molar-refractivity contribution in [3.05, 3.63) is 52.5 Å². The van der Waals surface area contributed by atoms with Crippen molar-refractivity contribution >= 4 is 39.8 Å². The summed E-state index contributed by atoms with van der Waals surface area (Å²) in [6.07, 6.45) is 1.50. The number of para-hydroxylation sites is 2. The quantitative estimate of drug-likeness (QED) is 0.458. The highest BCUT2D eigenvalue weighted by Gasteiger charge is 2.17. The number of halogens is 1. The molecule has 0 atom stereocenters. The molecule has 0 saturated carbocycles. The summed E-state index contributed by atoms with van der Waals surface area (Å²) in [6, 6.07) is 11.8. The molecule has 1 fully saturated rings. The van der Waals surface area contributed by atoms with E-state index in [0.717, 1.165) is 5.56 Å². The van der Waals surface area contributed by atoms with Crippen molar-refractivity contribution in [3.8, 4) is 11.5 Å². The van der Waals surface area contributed by atoms with E-state index in [-0.39, 0.29) is 12.5 Å². The third kappa shape index (κ3) is 6.69. The normalized spacial score (nSPS) is 13.7. The summed E-state index contributed by atoms with van der Waals surface area (Å²) in [5.41, 5.74) is 3.67. The third-order valence-corrected chi connectivity index (χ3v) is 5.03. The van der Waals surface area contributed by atoms with E-state index in [1.807, 2.05) is 6.07 Å². The number of carbonyl (C=O) groups is 2. The van der Waals surface area contributed by atoms with E-state index in [0.29, 0.717) is 48.0 Å². The molecule has 10 heteroatoms. The maximum Gasteiger partial charge on any atom is 0.339 e. The van der Waals surface area contributed by atoms with Crippen molar-refractivity contribution in [1.82, 2.24) is 10.3 Å². The molecular weight excluding hydrogens is 468 g/mol. The minimum atomic E-state index is -0.499. The molecule has 0 radical (unpaired) electrons. The zero-order chi connectivity index (χ0) is 22.1. The fraction of sp³-hybridized carbons (Fsp3) is 0.286. The number of nitrogens with zero attached hydrogens (tertiary/aromatic N) is 2. The largest absolute Gasteiger partial charge is 0.495 e. The molecule has 3 rings (SSSR count). The van der Waals surface area contributed by atoms with Gasteiger partial charge >= 0.3 is 6.03 Å². The molecule has 1 saturated heterocycles. The average Bonchev–Trinajstić information content (AvgIpc) is 2.79. The first-order valence-electron chi connectivity index (χ1n) is 9.58. The van der Waals surface area contributed by atoms with Crippen LogP contribution in [0.3, 0.4) is 0 Å². The Balaban J connectivity index is 1.49. The maximum absolute atomic E-state index is 12.2. The molecule has 3 amide bonds. The van der Waals surface area contributed by atoms with Crippen LogP contribution in [-0.2, 0) is 9.53 Å². The third-order valence-electron chi connectivity index (χ3n) is 4.41. The SMILES string of the molecule is COc1ccccc1NC(=O)N/N=C/c1ccc(OCC(=O)N2CCOCC2)c(Br)c1. The minimum Gasteiger partial charge on any atom is -0.495 e. The van der Waals surface area contributed by atoms with Crippen LogP contribution in [0.1, 0.15) is 5.56 Å². The molecule has 2 aromatic rings. The van der Waals surface area contributed by atoms with Crippen molar-refractivity contribution in [2.24, 2.45) is 5.10 Å². The second-order valence-corrected chi connectivity index (χ2v) is 7.35. The lowest BCUT2D eigenvalue weighted by molar-refractivity contribution is -0.137. The fourth-order valence-corrected chi connectivity index (χ4v) is 3.33. The number of benzene rings is 2. The first-order valence-corrected chi connectivity index (χ1v) is 10.4. The van der Waals surface area contributed by atoms with Crippen molar-refractivity contribution in [2.45, 2.75) is 0 Å². The molecule has 9 nitrogen and oxygen atoms in total. The number of urea groups is 1. The summed E-state index contributed by atoms with van der Waals surface area (Å²) in [7, 11) is 1.53. The molecule has 2 N–H and O–H groups in total. The molecule has 0 aliphatic carbocycles. The van der Waals surface area contributed by atoms with Gasteiger partial charge in [0.2, 0.25) is 0 Å². The van der Waals surface area contributed by atoms with E-state index in [1.54, 1.807) is 41.3 Å². The second kappa shape index (κ2) is 11.3. The van der Waals surface area contributed by atoms with Gasteiger partial charge in [-0.15, -0.1) is 0 Å². The number of hydrogen-bond donors (Lipinski definition) is 2. The number of carbonyl (C=O) groups excluding carboxylic acids is 2. The van der Waals surface area contributed by atoms with Gasteiger partial charge in [0.05, 0.1) is 36.7 Å². The van der Waals surface area contributed by atoms with Gasteiger partial charge in [-0.3, -0.25) is 4.79 Å². The van der Waals surface area contributed by atoms with Crippen LogP contribution in [0.2, 0.25) is 0 Å². The summed E-state index contributed by atoms with van der Waals surface area (Å²) in [5.74, 6) is 1.01. The highest BCUT2D eigenvalue weighted by Crippen LogP contribution is 2.26. The molecule has 0 aromatic heterocycles. The fourth-order valence-electron chi connectivity index (χ4n) is 2.82. The van der Waals surface area contributed by atoms with Crippen molar-refractivity contribution in [2.75, 3.05) is 45.3 Å². The van der Waals surface area contributed by atoms with Crippen LogP contribution in [0.5, 0.6) is 11.5 Å². The van der Waals surface area contributed by atoms with E-state index in [9.17, 15) is 9.59 Å². The summed E-state index contributed by atoms with van der Waals surface area (Å²) >= 11 is 3.43. The van der Waals surface area contributed by atoms with E-state index >= 15 is 0 Å². The second-order valence-electron chi connectivity index (χ2n) is 6.50. The Bertz CT molecular complexity index is 947. The zero-order valence-corrected chi connectivity index (χ0v) is 18.6. The van der Waals surface area contributed by atoms with E-state index in [2.05, 4.69) is 31.8 Å². The molecule has 1 heterocycles. The molecule has 164 valence electrons. The highest BCUT2D eigenvalue weighted by molar-refractivity contribution is 9.10. The molecule has 2 aromatic carbocycles. The topological polar surface area (TPSA) is 101 Å². The predicted octanol–water partition coefficient (Wildman–Crippen LogP) is 2.85.